The molecule has 2 atom stereocenters. The summed E-state index contributed by atoms with van der Waals surface area (Å²) in [5.41, 5.74) is 1.43. The van der Waals surface area contributed by atoms with Crippen LogP contribution >= 0.6 is 27.7 Å². The first-order valence-corrected chi connectivity index (χ1v) is 8.81. The van der Waals surface area contributed by atoms with E-state index in [1.54, 1.807) is 12.1 Å². The van der Waals surface area contributed by atoms with Crippen molar-refractivity contribution in [1.29, 1.82) is 0 Å². The molecule has 2 unspecified atom stereocenters. The fourth-order valence-corrected chi connectivity index (χ4v) is 4.25. The van der Waals surface area contributed by atoms with Crippen molar-refractivity contribution in [3.05, 3.63) is 33.8 Å². The van der Waals surface area contributed by atoms with Crippen LogP contribution in [0.4, 0.5) is 0 Å². The van der Waals surface area contributed by atoms with Crippen molar-refractivity contribution in [3.63, 3.8) is 0 Å². The molecular weight excluding hydrogens is 338 g/mol. The minimum Gasteiger partial charge on any atom is -0.478 e. The zero-order valence-corrected chi connectivity index (χ0v) is 14.0. The highest BCUT2D eigenvalue weighted by Gasteiger charge is 2.24. The fraction of sp³-hybridized carbons (Fsp3) is 0.533. The lowest BCUT2D eigenvalue weighted by molar-refractivity contribution is 0.0697. The number of aromatic carboxylic acids is 1. The highest BCUT2D eigenvalue weighted by atomic mass is 79.9. The van der Waals surface area contributed by atoms with Crippen LogP contribution in [0.25, 0.3) is 0 Å². The van der Waals surface area contributed by atoms with Gasteiger partial charge in [0.05, 0.1) is 5.56 Å². The summed E-state index contributed by atoms with van der Waals surface area (Å²) in [7, 11) is 0. The van der Waals surface area contributed by atoms with Crippen LogP contribution in [0.1, 0.15) is 42.1 Å². The molecule has 1 saturated carbocycles. The quantitative estimate of drug-likeness (QED) is 0.810. The molecule has 0 aliphatic heterocycles. The van der Waals surface area contributed by atoms with E-state index in [0.29, 0.717) is 11.6 Å². The summed E-state index contributed by atoms with van der Waals surface area (Å²) in [5.74, 6) is 0.306. The van der Waals surface area contributed by atoms with E-state index >= 15 is 0 Å². The molecule has 0 heterocycles. The maximum absolute atomic E-state index is 10.9. The number of rotatable bonds is 6. The molecule has 2 N–H and O–H groups in total. The number of halogens is 1. The van der Waals surface area contributed by atoms with Crippen LogP contribution in [0.3, 0.4) is 0 Å². The number of thioether (sulfide) groups is 1. The van der Waals surface area contributed by atoms with Gasteiger partial charge in [-0.2, -0.15) is 11.8 Å². The molecule has 3 nitrogen and oxygen atoms in total. The van der Waals surface area contributed by atoms with E-state index in [2.05, 4.69) is 39.9 Å². The van der Waals surface area contributed by atoms with Gasteiger partial charge in [-0.15, -0.1) is 0 Å². The Balaban J connectivity index is 1.87. The topological polar surface area (TPSA) is 49.3 Å². The first-order valence-electron chi connectivity index (χ1n) is 6.97. The minimum absolute atomic E-state index is 0.320. The third kappa shape index (κ3) is 4.24. The molecule has 0 amide bonds. The van der Waals surface area contributed by atoms with E-state index in [-0.39, 0.29) is 0 Å². The molecule has 0 radical (unpaired) electrons. The molecule has 0 saturated heterocycles. The first kappa shape index (κ1) is 15.9. The lowest BCUT2D eigenvalue weighted by Crippen LogP contribution is -2.26. The Bertz CT molecular complexity index is 481. The number of benzene rings is 1. The highest BCUT2D eigenvalue weighted by molar-refractivity contribution is 9.10. The summed E-state index contributed by atoms with van der Waals surface area (Å²) in [6, 6.07) is 5.80. The fourth-order valence-electron chi connectivity index (χ4n) is 2.59. The maximum atomic E-state index is 10.9. The van der Waals surface area contributed by atoms with Crippen LogP contribution in [0.2, 0.25) is 0 Å². The number of hydrogen-bond acceptors (Lipinski definition) is 3. The van der Waals surface area contributed by atoms with Crippen LogP contribution in [-0.2, 0) is 6.54 Å². The summed E-state index contributed by atoms with van der Waals surface area (Å²) >= 11 is 5.51. The number of carboxylic acids is 1. The van der Waals surface area contributed by atoms with Gasteiger partial charge in [-0.05, 0) is 42.7 Å². The van der Waals surface area contributed by atoms with Crippen LogP contribution in [-0.4, -0.2) is 28.1 Å². The number of carboxylic acid groups (broad SMARTS) is 1. The van der Waals surface area contributed by atoms with E-state index in [1.807, 2.05) is 6.07 Å². The highest BCUT2D eigenvalue weighted by Crippen LogP contribution is 2.30. The third-order valence-corrected chi connectivity index (χ3v) is 5.64. The predicted molar refractivity (Wildman–Crippen MR) is 87.5 cm³/mol. The number of hydrogen-bond donors (Lipinski definition) is 2. The Morgan fingerprint density at radius 1 is 1.50 bits per heavy atom. The Morgan fingerprint density at radius 2 is 2.30 bits per heavy atom. The molecule has 2 rings (SSSR count). The Labute approximate surface area is 132 Å². The lowest BCUT2D eigenvalue weighted by atomic mass is 10.1. The Kier molecular flexibility index (Phi) is 5.93. The van der Waals surface area contributed by atoms with Gasteiger partial charge >= 0.3 is 5.97 Å². The zero-order chi connectivity index (χ0) is 14.5. The van der Waals surface area contributed by atoms with E-state index < -0.39 is 5.97 Å². The Morgan fingerprint density at radius 3 is 2.95 bits per heavy atom. The molecule has 0 aromatic heterocycles. The van der Waals surface area contributed by atoms with Crippen molar-refractivity contribution in [3.8, 4) is 0 Å². The summed E-state index contributed by atoms with van der Waals surface area (Å²) in [4.78, 5) is 10.9. The third-order valence-electron chi connectivity index (χ3n) is 3.67. The van der Waals surface area contributed by atoms with Crippen molar-refractivity contribution in [2.75, 3.05) is 5.75 Å². The zero-order valence-electron chi connectivity index (χ0n) is 11.6. The van der Waals surface area contributed by atoms with Gasteiger partial charge in [0.1, 0.15) is 0 Å². The van der Waals surface area contributed by atoms with E-state index in [9.17, 15) is 4.79 Å². The van der Waals surface area contributed by atoms with Gasteiger partial charge in [-0.3, -0.25) is 0 Å². The van der Waals surface area contributed by atoms with Crippen LogP contribution in [0.5, 0.6) is 0 Å². The number of nitrogens with one attached hydrogen (secondary N) is 1. The number of carbonyl (C=O) groups is 1. The van der Waals surface area contributed by atoms with Crippen LogP contribution in [0, 0.1) is 0 Å². The van der Waals surface area contributed by atoms with Crippen LogP contribution in [0.15, 0.2) is 22.7 Å². The largest absolute Gasteiger partial charge is 0.478 e. The van der Waals surface area contributed by atoms with Gasteiger partial charge < -0.3 is 10.4 Å². The standard InChI is InChI=1S/C15H20BrNO2S/c1-2-20-13-6-5-12(8-13)17-9-11-4-3-10(15(18)19)7-14(11)16/h3-4,7,12-13,17H,2,5-6,8-9H2,1H3,(H,18,19). The maximum Gasteiger partial charge on any atom is 0.335 e. The van der Waals surface area contributed by atoms with Gasteiger partial charge in [0.15, 0.2) is 0 Å². The first-order chi connectivity index (χ1) is 9.60. The average Bonchev–Trinajstić information content (AvgIpc) is 2.85. The minimum atomic E-state index is -0.888. The van der Waals surface area contributed by atoms with Crippen molar-refractivity contribution in [2.24, 2.45) is 0 Å². The molecular formula is C15H20BrNO2S. The van der Waals surface area contributed by atoms with Crippen LogP contribution < -0.4 is 5.32 Å². The van der Waals surface area contributed by atoms with Gasteiger partial charge in [-0.1, -0.05) is 28.9 Å². The van der Waals surface area contributed by atoms with E-state index in [4.69, 9.17) is 5.11 Å². The van der Waals surface area contributed by atoms with Crippen molar-refractivity contribution >= 4 is 33.7 Å². The van der Waals surface area contributed by atoms with Gasteiger partial charge in [0, 0.05) is 22.3 Å². The lowest BCUT2D eigenvalue weighted by Gasteiger charge is -2.14. The summed E-state index contributed by atoms with van der Waals surface area (Å²) in [6.07, 6.45) is 3.78. The Hall–Kier alpha value is -0.520. The normalized spacial score (nSPS) is 22.1. The molecule has 20 heavy (non-hydrogen) atoms. The van der Waals surface area contributed by atoms with Gasteiger partial charge in [0.2, 0.25) is 0 Å². The smallest absolute Gasteiger partial charge is 0.335 e. The van der Waals surface area contributed by atoms with Crippen molar-refractivity contribution in [2.45, 2.75) is 44.0 Å². The van der Waals surface area contributed by atoms with E-state index in [1.165, 1.54) is 25.0 Å². The molecule has 1 aliphatic carbocycles. The van der Waals surface area contributed by atoms with Gasteiger partial charge in [0.25, 0.3) is 0 Å². The average molecular weight is 358 g/mol. The SMILES string of the molecule is CCSC1CCC(NCc2ccc(C(=O)O)cc2Br)C1. The second-order valence-corrected chi connectivity index (χ2v) is 7.51. The molecule has 110 valence electrons. The molecule has 0 spiro atoms. The monoisotopic (exact) mass is 357 g/mol. The van der Waals surface area contributed by atoms with Gasteiger partial charge in [-0.25, -0.2) is 4.79 Å². The summed E-state index contributed by atoms with van der Waals surface area (Å²) in [5, 5.41) is 13.3. The molecule has 1 aromatic carbocycles. The molecule has 5 heteroatoms. The second kappa shape index (κ2) is 7.48. The summed E-state index contributed by atoms with van der Waals surface area (Å²) < 4.78 is 0.863. The molecule has 1 aromatic rings. The predicted octanol–water partition coefficient (Wildman–Crippen LogP) is 3.91. The second-order valence-electron chi connectivity index (χ2n) is 5.08. The summed E-state index contributed by atoms with van der Waals surface area (Å²) in [6.45, 7) is 3.00. The van der Waals surface area contributed by atoms with E-state index in [0.717, 1.165) is 21.8 Å². The molecule has 1 aliphatic rings. The molecule has 1 fully saturated rings. The van der Waals surface area contributed by atoms with Crippen molar-refractivity contribution < 1.29 is 9.90 Å². The van der Waals surface area contributed by atoms with Crippen molar-refractivity contribution in [1.82, 2.24) is 5.32 Å². The molecule has 0 bridgehead atoms.